The normalized spacial score (nSPS) is 11.9. The van der Waals surface area contributed by atoms with Crippen molar-refractivity contribution >= 4 is 27.3 Å². The second-order valence-corrected chi connectivity index (χ2v) is 7.38. The zero-order valence-corrected chi connectivity index (χ0v) is 17.5. The largest absolute Gasteiger partial charge is 0.497 e. The van der Waals surface area contributed by atoms with Crippen LogP contribution in [0.15, 0.2) is 29.1 Å². The molecule has 0 aliphatic carbocycles. The van der Waals surface area contributed by atoms with Crippen molar-refractivity contribution in [2.24, 2.45) is 0 Å². The van der Waals surface area contributed by atoms with E-state index in [1.165, 1.54) is 21.9 Å². The molecule has 1 amide bonds. The number of anilines is 1. The second kappa shape index (κ2) is 8.91. The van der Waals surface area contributed by atoms with Crippen LogP contribution >= 0.6 is 11.3 Å². The number of benzene rings is 1. The number of fused-ring (bicyclic) bond motifs is 1. The molecule has 0 bridgehead atoms. The summed E-state index contributed by atoms with van der Waals surface area (Å²) in [6, 6.07) is 6.48. The Hall–Kier alpha value is -3.14. The van der Waals surface area contributed by atoms with Crippen molar-refractivity contribution in [3.8, 4) is 11.5 Å². The summed E-state index contributed by atoms with van der Waals surface area (Å²) in [4.78, 5) is 29.1. The third-order valence-electron chi connectivity index (χ3n) is 4.29. The Kier molecular flexibility index (Phi) is 6.32. The number of rotatable bonds is 8. The summed E-state index contributed by atoms with van der Waals surface area (Å²) in [6.07, 6.45) is 0.616. The zero-order chi connectivity index (χ0) is 21.0. The standard InChI is InChI=1S/C19H23N5O4S/c1-11-9-16(25)24-19(21-11)29-18(23-24)22-12(2)17(26)20-8-7-13-5-6-14(27-3)10-15(13)28-4/h5-6,9-10,12H,7-8H2,1-4H3,(H,20,26)(H,22,23). The molecule has 1 atom stereocenters. The van der Waals surface area contributed by atoms with Gasteiger partial charge in [-0.2, -0.15) is 4.52 Å². The van der Waals surface area contributed by atoms with Crippen molar-refractivity contribution in [3.05, 3.63) is 45.9 Å². The highest BCUT2D eigenvalue weighted by molar-refractivity contribution is 7.20. The third kappa shape index (κ3) is 4.83. The van der Waals surface area contributed by atoms with E-state index in [4.69, 9.17) is 9.47 Å². The lowest BCUT2D eigenvalue weighted by atomic mass is 10.1. The quantitative estimate of drug-likeness (QED) is 0.574. The number of aryl methyl sites for hydroxylation is 1. The minimum Gasteiger partial charge on any atom is -0.497 e. The molecule has 0 aliphatic heterocycles. The average molecular weight is 417 g/mol. The number of carbonyl (C=O) groups excluding carboxylic acids is 1. The number of methoxy groups -OCH3 is 2. The summed E-state index contributed by atoms with van der Waals surface area (Å²) < 4.78 is 11.8. The first-order valence-corrected chi connectivity index (χ1v) is 9.85. The molecule has 0 saturated heterocycles. The summed E-state index contributed by atoms with van der Waals surface area (Å²) in [5, 5.41) is 10.5. The third-order valence-corrected chi connectivity index (χ3v) is 5.13. The molecule has 3 aromatic rings. The number of hydrogen-bond donors (Lipinski definition) is 2. The van der Waals surface area contributed by atoms with Crippen LogP contribution in [-0.4, -0.2) is 47.3 Å². The van der Waals surface area contributed by atoms with Crippen molar-refractivity contribution in [1.29, 1.82) is 0 Å². The molecule has 29 heavy (non-hydrogen) atoms. The van der Waals surface area contributed by atoms with E-state index in [0.29, 0.717) is 40.3 Å². The highest BCUT2D eigenvalue weighted by Gasteiger charge is 2.16. The van der Waals surface area contributed by atoms with Gasteiger partial charge in [0.05, 0.1) is 14.2 Å². The Morgan fingerprint density at radius 1 is 1.28 bits per heavy atom. The smallest absolute Gasteiger partial charge is 0.275 e. The minimum absolute atomic E-state index is 0.173. The van der Waals surface area contributed by atoms with Crippen LogP contribution in [0.2, 0.25) is 0 Å². The molecule has 0 spiro atoms. The molecular weight excluding hydrogens is 394 g/mol. The van der Waals surface area contributed by atoms with Gasteiger partial charge in [-0.15, -0.1) is 5.10 Å². The molecule has 9 nitrogen and oxygen atoms in total. The molecule has 2 aromatic heterocycles. The van der Waals surface area contributed by atoms with Gasteiger partial charge in [-0.3, -0.25) is 9.59 Å². The lowest BCUT2D eigenvalue weighted by Crippen LogP contribution is -2.38. The fourth-order valence-electron chi connectivity index (χ4n) is 2.76. The molecular formula is C19H23N5O4S. The van der Waals surface area contributed by atoms with E-state index >= 15 is 0 Å². The van der Waals surface area contributed by atoms with Crippen molar-refractivity contribution < 1.29 is 14.3 Å². The van der Waals surface area contributed by atoms with Crippen LogP contribution in [0.1, 0.15) is 18.2 Å². The first-order chi connectivity index (χ1) is 13.9. The van der Waals surface area contributed by atoms with Gasteiger partial charge in [0, 0.05) is 24.4 Å². The topological polar surface area (TPSA) is 107 Å². The zero-order valence-electron chi connectivity index (χ0n) is 16.7. The molecule has 0 fully saturated rings. The van der Waals surface area contributed by atoms with Gasteiger partial charge in [-0.1, -0.05) is 17.4 Å². The van der Waals surface area contributed by atoms with Crippen molar-refractivity contribution in [2.75, 3.05) is 26.1 Å². The van der Waals surface area contributed by atoms with E-state index < -0.39 is 6.04 Å². The van der Waals surface area contributed by atoms with Gasteiger partial charge >= 0.3 is 0 Å². The van der Waals surface area contributed by atoms with E-state index in [1.54, 1.807) is 28.1 Å². The number of ether oxygens (including phenoxy) is 2. The monoisotopic (exact) mass is 417 g/mol. The van der Waals surface area contributed by atoms with Gasteiger partial charge in [0.15, 0.2) is 0 Å². The molecule has 3 rings (SSSR count). The van der Waals surface area contributed by atoms with Crippen LogP contribution in [0.5, 0.6) is 11.5 Å². The van der Waals surface area contributed by atoms with Crippen LogP contribution in [0.25, 0.3) is 4.96 Å². The highest BCUT2D eigenvalue weighted by Crippen LogP contribution is 2.24. The Bertz CT molecular complexity index is 1080. The lowest BCUT2D eigenvalue weighted by molar-refractivity contribution is -0.121. The van der Waals surface area contributed by atoms with Gasteiger partial charge in [0.25, 0.3) is 5.56 Å². The number of nitrogens with zero attached hydrogens (tertiary/aromatic N) is 3. The van der Waals surface area contributed by atoms with Crippen LogP contribution in [-0.2, 0) is 11.2 Å². The van der Waals surface area contributed by atoms with Crippen molar-refractivity contribution in [1.82, 2.24) is 19.9 Å². The maximum Gasteiger partial charge on any atom is 0.275 e. The van der Waals surface area contributed by atoms with E-state index in [9.17, 15) is 9.59 Å². The van der Waals surface area contributed by atoms with Gasteiger partial charge in [0.2, 0.25) is 16.0 Å². The maximum atomic E-state index is 12.4. The van der Waals surface area contributed by atoms with E-state index in [2.05, 4.69) is 20.7 Å². The average Bonchev–Trinajstić information content (AvgIpc) is 3.10. The molecule has 0 aliphatic rings. The molecule has 0 saturated carbocycles. The molecule has 0 radical (unpaired) electrons. The van der Waals surface area contributed by atoms with E-state index in [-0.39, 0.29) is 11.5 Å². The van der Waals surface area contributed by atoms with Crippen LogP contribution in [0.4, 0.5) is 5.13 Å². The predicted octanol–water partition coefficient (Wildman–Crippen LogP) is 1.64. The fraction of sp³-hybridized carbons (Fsp3) is 0.368. The van der Waals surface area contributed by atoms with Crippen molar-refractivity contribution in [3.63, 3.8) is 0 Å². The van der Waals surface area contributed by atoms with E-state index in [0.717, 1.165) is 5.56 Å². The molecule has 154 valence electrons. The molecule has 1 unspecified atom stereocenters. The number of amides is 1. The molecule has 2 heterocycles. The molecule has 1 aromatic carbocycles. The minimum atomic E-state index is -0.523. The number of hydrogen-bond acceptors (Lipinski definition) is 8. The Morgan fingerprint density at radius 2 is 2.07 bits per heavy atom. The van der Waals surface area contributed by atoms with Crippen LogP contribution in [0, 0.1) is 6.92 Å². The number of nitrogens with one attached hydrogen (secondary N) is 2. The highest BCUT2D eigenvalue weighted by atomic mass is 32.1. The van der Waals surface area contributed by atoms with Gasteiger partial charge in [-0.05, 0) is 31.9 Å². The number of aromatic nitrogens is 3. The first-order valence-electron chi connectivity index (χ1n) is 9.04. The molecule has 2 N–H and O–H groups in total. The Labute approximate surface area is 171 Å². The van der Waals surface area contributed by atoms with Crippen LogP contribution < -0.4 is 25.7 Å². The predicted molar refractivity (Wildman–Crippen MR) is 111 cm³/mol. The maximum absolute atomic E-state index is 12.4. The number of carbonyl (C=O) groups is 1. The summed E-state index contributed by atoms with van der Waals surface area (Å²) in [5.41, 5.74) is 1.36. The second-order valence-electron chi connectivity index (χ2n) is 6.42. The van der Waals surface area contributed by atoms with Crippen molar-refractivity contribution in [2.45, 2.75) is 26.3 Å². The molecule has 10 heteroatoms. The SMILES string of the molecule is COc1ccc(CCNC(=O)C(C)Nc2nn3c(=O)cc(C)nc3s2)c(OC)c1. The Morgan fingerprint density at radius 3 is 2.79 bits per heavy atom. The fourth-order valence-corrected chi connectivity index (χ4v) is 3.70. The van der Waals surface area contributed by atoms with Gasteiger partial charge in [-0.25, -0.2) is 4.98 Å². The summed E-state index contributed by atoms with van der Waals surface area (Å²) in [7, 11) is 3.20. The first kappa shape index (κ1) is 20.6. The summed E-state index contributed by atoms with van der Waals surface area (Å²) in [6.45, 7) is 3.94. The lowest BCUT2D eigenvalue weighted by Gasteiger charge is -2.14. The van der Waals surface area contributed by atoms with E-state index in [1.807, 2.05) is 18.2 Å². The summed E-state index contributed by atoms with van der Waals surface area (Å²) >= 11 is 1.22. The van der Waals surface area contributed by atoms with Gasteiger partial charge < -0.3 is 20.1 Å². The summed E-state index contributed by atoms with van der Waals surface area (Å²) in [5.74, 6) is 1.26. The van der Waals surface area contributed by atoms with Gasteiger partial charge in [0.1, 0.15) is 17.5 Å². The Balaban J connectivity index is 1.57. The van der Waals surface area contributed by atoms with Crippen LogP contribution in [0.3, 0.4) is 0 Å².